The SMILES string of the molecule is Cc1c(NC(=O)c2cc(N3CCNC3=O)c(F)cc2F)sc2c1CCCC2. The topological polar surface area (TPSA) is 61.4 Å². The van der Waals surface area contributed by atoms with E-state index in [-0.39, 0.29) is 17.8 Å². The van der Waals surface area contributed by atoms with Gasteiger partial charge in [-0.2, -0.15) is 0 Å². The molecule has 2 aromatic rings. The molecular formula is C19H19F2N3O2S. The Labute approximate surface area is 159 Å². The van der Waals surface area contributed by atoms with Gasteiger partial charge < -0.3 is 10.6 Å². The summed E-state index contributed by atoms with van der Waals surface area (Å²) in [4.78, 5) is 26.9. The van der Waals surface area contributed by atoms with Gasteiger partial charge in [-0.1, -0.05) is 0 Å². The third-order valence-corrected chi connectivity index (χ3v) is 6.40. The smallest absolute Gasteiger partial charge is 0.322 e. The third kappa shape index (κ3) is 3.18. The van der Waals surface area contributed by atoms with E-state index in [1.54, 1.807) is 0 Å². The minimum absolute atomic E-state index is 0.0984. The molecule has 2 aliphatic rings. The summed E-state index contributed by atoms with van der Waals surface area (Å²) in [7, 11) is 0. The number of thiophene rings is 1. The maximum Gasteiger partial charge on any atom is 0.322 e. The number of hydrogen-bond donors (Lipinski definition) is 2. The molecule has 1 aliphatic heterocycles. The Morgan fingerprint density at radius 1 is 1.22 bits per heavy atom. The highest BCUT2D eigenvalue weighted by molar-refractivity contribution is 7.16. The van der Waals surface area contributed by atoms with Crippen LogP contribution in [0.4, 0.5) is 24.3 Å². The summed E-state index contributed by atoms with van der Waals surface area (Å²) in [6, 6.07) is 1.30. The van der Waals surface area contributed by atoms with Crippen LogP contribution in [0.2, 0.25) is 0 Å². The van der Waals surface area contributed by atoms with Crippen LogP contribution in [0.1, 0.15) is 39.2 Å². The predicted molar refractivity (Wildman–Crippen MR) is 101 cm³/mol. The lowest BCUT2D eigenvalue weighted by atomic mass is 9.96. The Morgan fingerprint density at radius 2 is 2.00 bits per heavy atom. The highest BCUT2D eigenvalue weighted by Gasteiger charge is 2.27. The Bertz CT molecular complexity index is 942. The number of aryl methyl sites for hydroxylation is 1. The zero-order chi connectivity index (χ0) is 19.1. The number of nitrogens with zero attached hydrogens (tertiary/aromatic N) is 1. The van der Waals surface area contributed by atoms with Gasteiger partial charge in [0, 0.05) is 24.0 Å². The van der Waals surface area contributed by atoms with Crippen molar-refractivity contribution in [3.05, 3.63) is 45.3 Å². The molecule has 142 valence electrons. The monoisotopic (exact) mass is 391 g/mol. The number of carbonyl (C=O) groups excluding carboxylic acids is 2. The predicted octanol–water partition coefficient (Wildman–Crippen LogP) is 4.00. The molecule has 0 radical (unpaired) electrons. The van der Waals surface area contributed by atoms with E-state index in [1.807, 2.05) is 6.92 Å². The first kappa shape index (κ1) is 17.9. The summed E-state index contributed by atoms with van der Waals surface area (Å²) >= 11 is 1.52. The van der Waals surface area contributed by atoms with Crippen molar-refractivity contribution >= 4 is 34.0 Å². The van der Waals surface area contributed by atoms with Crippen LogP contribution in [-0.4, -0.2) is 25.0 Å². The van der Waals surface area contributed by atoms with Gasteiger partial charge in [0.15, 0.2) is 0 Å². The van der Waals surface area contributed by atoms with Crippen molar-refractivity contribution < 1.29 is 18.4 Å². The average molecular weight is 391 g/mol. The molecule has 1 saturated heterocycles. The number of halogens is 2. The summed E-state index contributed by atoms with van der Waals surface area (Å²) in [5.74, 6) is -2.47. The summed E-state index contributed by atoms with van der Waals surface area (Å²) in [5, 5.41) is 6.04. The van der Waals surface area contributed by atoms with E-state index in [4.69, 9.17) is 0 Å². The van der Waals surface area contributed by atoms with Gasteiger partial charge in [-0.3, -0.25) is 9.69 Å². The Balaban J connectivity index is 1.64. The maximum atomic E-state index is 14.3. The van der Waals surface area contributed by atoms with Crippen molar-refractivity contribution in [2.75, 3.05) is 23.3 Å². The largest absolute Gasteiger partial charge is 0.336 e. The van der Waals surface area contributed by atoms with Crippen LogP contribution in [0.3, 0.4) is 0 Å². The zero-order valence-corrected chi connectivity index (χ0v) is 15.6. The molecule has 2 N–H and O–H groups in total. The van der Waals surface area contributed by atoms with Crippen LogP contribution < -0.4 is 15.5 Å². The lowest BCUT2D eigenvalue weighted by molar-refractivity contribution is 0.102. The second kappa shape index (κ2) is 6.92. The number of nitrogens with one attached hydrogen (secondary N) is 2. The van der Waals surface area contributed by atoms with E-state index in [0.29, 0.717) is 17.6 Å². The van der Waals surface area contributed by atoms with Gasteiger partial charge >= 0.3 is 6.03 Å². The van der Waals surface area contributed by atoms with Gasteiger partial charge in [0.2, 0.25) is 0 Å². The number of hydrogen-bond acceptors (Lipinski definition) is 3. The third-order valence-electron chi connectivity index (χ3n) is 5.09. The minimum Gasteiger partial charge on any atom is -0.336 e. The molecule has 0 unspecified atom stereocenters. The fourth-order valence-corrected chi connectivity index (χ4v) is 4.92. The van der Waals surface area contributed by atoms with Crippen molar-refractivity contribution in [3.63, 3.8) is 0 Å². The molecule has 5 nitrogen and oxygen atoms in total. The number of benzene rings is 1. The average Bonchev–Trinajstić information content (AvgIpc) is 3.19. The molecule has 1 aromatic carbocycles. The zero-order valence-electron chi connectivity index (χ0n) is 14.8. The van der Waals surface area contributed by atoms with Crippen molar-refractivity contribution in [1.29, 1.82) is 0 Å². The van der Waals surface area contributed by atoms with Crippen LogP contribution in [0.15, 0.2) is 12.1 Å². The molecule has 27 heavy (non-hydrogen) atoms. The van der Waals surface area contributed by atoms with Gasteiger partial charge in [0.25, 0.3) is 5.91 Å². The number of urea groups is 1. The van der Waals surface area contributed by atoms with Crippen LogP contribution >= 0.6 is 11.3 Å². The second-order valence-electron chi connectivity index (χ2n) is 6.79. The van der Waals surface area contributed by atoms with Gasteiger partial charge in [-0.25, -0.2) is 13.6 Å². The summed E-state index contributed by atoms with van der Waals surface area (Å²) in [6.45, 7) is 2.59. The molecule has 3 amide bonds. The first-order chi connectivity index (χ1) is 13.0. The molecular weight excluding hydrogens is 372 g/mol. The number of amides is 3. The maximum absolute atomic E-state index is 14.3. The lowest BCUT2D eigenvalue weighted by Crippen LogP contribution is -2.29. The molecule has 0 spiro atoms. The molecule has 1 fully saturated rings. The van der Waals surface area contributed by atoms with Gasteiger partial charge in [0.05, 0.1) is 16.3 Å². The number of rotatable bonds is 3. The van der Waals surface area contributed by atoms with Gasteiger partial charge in [0.1, 0.15) is 11.6 Å². The molecule has 0 bridgehead atoms. The van der Waals surface area contributed by atoms with E-state index in [2.05, 4.69) is 10.6 Å². The standard InChI is InChI=1S/C19H19F2N3O2S/c1-10-11-4-2-3-5-16(11)27-18(10)23-17(25)12-8-15(14(21)9-13(12)20)24-7-6-22-19(24)26/h8-9H,2-7H2,1H3,(H,22,26)(H,23,25). The summed E-state index contributed by atoms with van der Waals surface area (Å²) < 4.78 is 28.5. The highest BCUT2D eigenvalue weighted by atomic mass is 32.1. The van der Waals surface area contributed by atoms with E-state index in [1.165, 1.54) is 26.7 Å². The van der Waals surface area contributed by atoms with Crippen molar-refractivity contribution in [2.45, 2.75) is 32.6 Å². The molecule has 2 heterocycles. The van der Waals surface area contributed by atoms with Crippen molar-refractivity contribution in [1.82, 2.24) is 5.32 Å². The fourth-order valence-electron chi connectivity index (χ4n) is 3.63. The van der Waals surface area contributed by atoms with Gasteiger partial charge in [-0.15, -0.1) is 11.3 Å². The molecule has 1 aromatic heterocycles. The van der Waals surface area contributed by atoms with E-state index >= 15 is 0 Å². The molecule has 0 atom stereocenters. The molecule has 4 rings (SSSR count). The quantitative estimate of drug-likeness (QED) is 0.831. The summed E-state index contributed by atoms with van der Waals surface area (Å²) in [5.41, 5.74) is 1.91. The van der Waals surface area contributed by atoms with Crippen molar-refractivity contribution in [2.24, 2.45) is 0 Å². The van der Waals surface area contributed by atoms with Crippen LogP contribution in [-0.2, 0) is 12.8 Å². The Kier molecular flexibility index (Phi) is 4.59. The fraction of sp³-hybridized carbons (Fsp3) is 0.368. The molecule has 8 heteroatoms. The first-order valence-electron chi connectivity index (χ1n) is 8.92. The Hall–Kier alpha value is -2.48. The second-order valence-corrected chi connectivity index (χ2v) is 7.89. The van der Waals surface area contributed by atoms with Gasteiger partial charge in [-0.05, 0) is 49.8 Å². The van der Waals surface area contributed by atoms with E-state index < -0.39 is 23.6 Å². The summed E-state index contributed by atoms with van der Waals surface area (Å²) in [6.07, 6.45) is 4.25. The lowest BCUT2D eigenvalue weighted by Gasteiger charge is -2.16. The Morgan fingerprint density at radius 3 is 2.70 bits per heavy atom. The van der Waals surface area contributed by atoms with E-state index in [9.17, 15) is 18.4 Å². The number of fused-ring (bicyclic) bond motifs is 1. The normalized spacial score (nSPS) is 16.3. The highest BCUT2D eigenvalue weighted by Crippen LogP contribution is 2.38. The first-order valence-corrected chi connectivity index (χ1v) is 9.74. The van der Waals surface area contributed by atoms with E-state index in [0.717, 1.165) is 37.3 Å². The number of anilines is 2. The van der Waals surface area contributed by atoms with Crippen LogP contribution in [0.25, 0.3) is 0 Å². The number of carbonyl (C=O) groups is 2. The minimum atomic E-state index is -0.952. The molecule has 0 saturated carbocycles. The van der Waals surface area contributed by atoms with Crippen LogP contribution in [0, 0.1) is 18.6 Å². The van der Waals surface area contributed by atoms with Crippen LogP contribution in [0.5, 0.6) is 0 Å². The van der Waals surface area contributed by atoms with Crippen molar-refractivity contribution in [3.8, 4) is 0 Å². The molecule has 1 aliphatic carbocycles.